The van der Waals surface area contributed by atoms with E-state index >= 15 is 0 Å². The van der Waals surface area contributed by atoms with E-state index in [0.717, 1.165) is 0 Å². The van der Waals surface area contributed by atoms with Crippen LogP contribution in [0.2, 0.25) is 0 Å². The fraction of sp³-hybridized carbons (Fsp3) is 0.929. The Hall–Kier alpha value is -0.570. The van der Waals surface area contributed by atoms with Crippen LogP contribution in [0.5, 0.6) is 0 Å². The van der Waals surface area contributed by atoms with Crippen LogP contribution in [0.4, 0.5) is 0 Å². The maximum atomic E-state index is 11.1. The van der Waals surface area contributed by atoms with E-state index in [1.807, 2.05) is 0 Å². The van der Waals surface area contributed by atoms with Crippen LogP contribution in [0.25, 0.3) is 0 Å². The lowest BCUT2D eigenvalue weighted by Crippen LogP contribution is -2.47. The largest absolute Gasteiger partial charge is 0.480 e. The highest BCUT2D eigenvalue weighted by Gasteiger charge is 2.29. The van der Waals surface area contributed by atoms with Gasteiger partial charge in [0.05, 0.1) is 6.54 Å². The number of carboxylic acids is 1. The predicted octanol–water partition coefficient (Wildman–Crippen LogP) is 3.04. The van der Waals surface area contributed by atoms with Gasteiger partial charge in [-0.3, -0.25) is 9.69 Å². The van der Waals surface area contributed by atoms with Gasteiger partial charge in [0.1, 0.15) is 0 Å². The lowest BCUT2D eigenvalue weighted by molar-refractivity contribution is -0.140. The van der Waals surface area contributed by atoms with E-state index in [1.165, 1.54) is 64.2 Å². The van der Waals surface area contributed by atoms with Crippen LogP contribution in [-0.2, 0) is 4.79 Å². The number of carboxylic acid groups (broad SMARTS) is 1. The van der Waals surface area contributed by atoms with Crippen molar-refractivity contribution in [2.45, 2.75) is 76.3 Å². The molecule has 0 atom stereocenters. The Morgan fingerprint density at radius 2 is 1.29 bits per heavy atom. The van der Waals surface area contributed by atoms with Crippen molar-refractivity contribution in [3.05, 3.63) is 0 Å². The third-order valence-corrected chi connectivity index (χ3v) is 4.41. The van der Waals surface area contributed by atoms with E-state index in [1.54, 1.807) is 0 Å². The zero-order chi connectivity index (χ0) is 12.1. The molecule has 2 rings (SSSR count). The van der Waals surface area contributed by atoms with Gasteiger partial charge in [-0.1, -0.05) is 38.5 Å². The summed E-state index contributed by atoms with van der Waals surface area (Å²) in [4.78, 5) is 13.4. The third-order valence-electron chi connectivity index (χ3n) is 4.41. The summed E-state index contributed by atoms with van der Waals surface area (Å²) in [5.74, 6) is -0.652. The summed E-state index contributed by atoms with van der Waals surface area (Å²) in [6.07, 6.45) is 12.7. The van der Waals surface area contributed by atoms with Gasteiger partial charge in [-0.25, -0.2) is 0 Å². The number of carbonyl (C=O) groups is 1. The quantitative estimate of drug-likeness (QED) is 0.819. The first-order valence-corrected chi connectivity index (χ1v) is 7.25. The Bertz CT molecular complexity index is 225. The normalized spacial score (nSPS) is 24.1. The number of rotatable bonds is 4. The molecule has 0 aromatic rings. The second kappa shape index (κ2) is 6.39. The summed E-state index contributed by atoms with van der Waals surface area (Å²) in [7, 11) is 0. The summed E-state index contributed by atoms with van der Waals surface area (Å²) in [5.41, 5.74) is 0. The van der Waals surface area contributed by atoms with Gasteiger partial charge in [0.25, 0.3) is 0 Å². The van der Waals surface area contributed by atoms with E-state index in [-0.39, 0.29) is 6.54 Å². The van der Waals surface area contributed by atoms with Crippen LogP contribution in [0, 0.1) is 0 Å². The molecule has 98 valence electrons. The van der Waals surface area contributed by atoms with Crippen molar-refractivity contribution in [3.63, 3.8) is 0 Å². The Morgan fingerprint density at radius 3 is 1.65 bits per heavy atom. The molecule has 0 radical (unpaired) electrons. The van der Waals surface area contributed by atoms with Crippen molar-refractivity contribution >= 4 is 5.97 Å². The van der Waals surface area contributed by atoms with E-state index in [0.29, 0.717) is 12.1 Å². The topological polar surface area (TPSA) is 40.5 Å². The molecular formula is C14H25NO2. The van der Waals surface area contributed by atoms with Crippen LogP contribution in [0.1, 0.15) is 64.2 Å². The van der Waals surface area contributed by atoms with Crippen LogP contribution in [-0.4, -0.2) is 34.6 Å². The first-order chi connectivity index (χ1) is 8.27. The molecule has 17 heavy (non-hydrogen) atoms. The minimum Gasteiger partial charge on any atom is -0.480 e. The molecular weight excluding hydrogens is 214 g/mol. The minimum absolute atomic E-state index is 0.259. The first-order valence-electron chi connectivity index (χ1n) is 7.25. The number of aliphatic carboxylic acids is 1. The highest BCUT2D eigenvalue weighted by Crippen LogP contribution is 2.29. The molecule has 0 aromatic carbocycles. The Morgan fingerprint density at radius 1 is 0.882 bits per heavy atom. The summed E-state index contributed by atoms with van der Waals surface area (Å²) in [5, 5.41) is 9.10. The van der Waals surface area contributed by atoms with E-state index in [9.17, 15) is 4.79 Å². The number of nitrogens with zero attached hydrogens (tertiary/aromatic N) is 1. The molecule has 2 aliphatic carbocycles. The molecule has 0 bridgehead atoms. The number of hydrogen-bond acceptors (Lipinski definition) is 2. The minimum atomic E-state index is -0.652. The van der Waals surface area contributed by atoms with Gasteiger partial charge < -0.3 is 5.11 Å². The lowest BCUT2D eigenvalue weighted by Gasteiger charge is -2.40. The van der Waals surface area contributed by atoms with Crippen LogP contribution >= 0.6 is 0 Å². The van der Waals surface area contributed by atoms with Gasteiger partial charge in [0.2, 0.25) is 0 Å². The monoisotopic (exact) mass is 239 g/mol. The molecule has 0 heterocycles. The highest BCUT2D eigenvalue weighted by atomic mass is 16.4. The first kappa shape index (κ1) is 12.9. The van der Waals surface area contributed by atoms with Gasteiger partial charge in [-0.05, 0) is 25.7 Å². The van der Waals surface area contributed by atoms with Crippen LogP contribution < -0.4 is 0 Å². The highest BCUT2D eigenvalue weighted by molar-refractivity contribution is 5.69. The summed E-state index contributed by atoms with van der Waals surface area (Å²) in [6.45, 7) is 0.259. The Kier molecular flexibility index (Phi) is 4.84. The second-order valence-corrected chi connectivity index (χ2v) is 5.65. The van der Waals surface area contributed by atoms with E-state index in [4.69, 9.17) is 5.11 Å². The molecule has 3 nitrogen and oxygen atoms in total. The molecule has 0 unspecified atom stereocenters. The fourth-order valence-electron chi connectivity index (χ4n) is 3.54. The zero-order valence-electron chi connectivity index (χ0n) is 10.7. The fourth-order valence-corrected chi connectivity index (χ4v) is 3.54. The molecule has 3 heteroatoms. The average Bonchev–Trinajstić information content (AvgIpc) is 2.38. The molecule has 2 saturated carbocycles. The standard InChI is InChI=1S/C14H25NO2/c16-14(17)11-15(12-7-3-1-4-8-12)13-9-5-2-6-10-13/h12-13H,1-11H2,(H,16,17). The van der Waals surface area contributed by atoms with Gasteiger partial charge >= 0.3 is 5.97 Å². The van der Waals surface area contributed by atoms with Crippen molar-refractivity contribution in [2.75, 3.05) is 6.54 Å². The van der Waals surface area contributed by atoms with Crippen LogP contribution in [0.15, 0.2) is 0 Å². The lowest BCUT2D eigenvalue weighted by atomic mass is 9.88. The van der Waals surface area contributed by atoms with Crippen molar-refractivity contribution < 1.29 is 9.90 Å². The molecule has 0 spiro atoms. The van der Waals surface area contributed by atoms with E-state index in [2.05, 4.69) is 4.90 Å². The Balaban J connectivity index is 1.97. The van der Waals surface area contributed by atoms with Crippen molar-refractivity contribution in [1.29, 1.82) is 0 Å². The third kappa shape index (κ3) is 3.70. The predicted molar refractivity (Wildman–Crippen MR) is 68.1 cm³/mol. The Labute approximate surface area is 104 Å². The van der Waals surface area contributed by atoms with Gasteiger partial charge in [-0.15, -0.1) is 0 Å². The van der Waals surface area contributed by atoms with Crippen molar-refractivity contribution in [1.82, 2.24) is 4.90 Å². The zero-order valence-corrected chi connectivity index (χ0v) is 10.7. The summed E-state index contributed by atoms with van der Waals surface area (Å²) >= 11 is 0. The van der Waals surface area contributed by atoms with Gasteiger partial charge in [0, 0.05) is 12.1 Å². The SMILES string of the molecule is O=C(O)CN(C1CCCCC1)C1CCCCC1. The molecule has 2 aliphatic rings. The molecule has 0 amide bonds. The molecule has 0 aliphatic heterocycles. The van der Waals surface area contributed by atoms with Crippen LogP contribution in [0.3, 0.4) is 0 Å². The van der Waals surface area contributed by atoms with Gasteiger partial charge in [0.15, 0.2) is 0 Å². The maximum absolute atomic E-state index is 11.1. The molecule has 0 aromatic heterocycles. The molecule has 2 fully saturated rings. The summed E-state index contributed by atoms with van der Waals surface area (Å²) < 4.78 is 0. The maximum Gasteiger partial charge on any atom is 0.317 e. The molecule has 1 N–H and O–H groups in total. The van der Waals surface area contributed by atoms with Crippen molar-refractivity contribution in [3.8, 4) is 0 Å². The van der Waals surface area contributed by atoms with Gasteiger partial charge in [-0.2, -0.15) is 0 Å². The van der Waals surface area contributed by atoms with E-state index < -0.39 is 5.97 Å². The smallest absolute Gasteiger partial charge is 0.317 e. The number of hydrogen-bond donors (Lipinski definition) is 1. The van der Waals surface area contributed by atoms with Crippen molar-refractivity contribution in [2.24, 2.45) is 0 Å². The summed E-state index contributed by atoms with van der Waals surface area (Å²) in [6, 6.07) is 1.09. The average molecular weight is 239 g/mol. The molecule has 0 saturated heterocycles. The second-order valence-electron chi connectivity index (χ2n) is 5.65.